The van der Waals surface area contributed by atoms with Gasteiger partial charge in [-0.3, -0.25) is 4.79 Å². The second kappa shape index (κ2) is 4.97. The van der Waals surface area contributed by atoms with Crippen LogP contribution in [0.15, 0.2) is 30.3 Å². The molecule has 2 unspecified atom stereocenters. The number of carbonyl (C=O) groups is 2. The highest BCUT2D eigenvalue weighted by atomic mass is 16.4. The zero-order chi connectivity index (χ0) is 12.3. The van der Waals surface area contributed by atoms with Crippen LogP contribution < -0.4 is 10.6 Å². The van der Waals surface area contributed by atoms with E-state index in [4.69, 9.17) is 5.11 Å². The average Bonchev–Trinajstić information content (AvgIpc) is 2.33. The van der Waals surface area contributed by atoms with E-state index in [0.29, 0.717) is 6.42 Å². The Bertz CT molecular complexity index is 419. The van der Waals surface area contributed by atoms with Crippen molar-refractivity contribution in [2.75, 3.05) is 6.54 Å². The molecule has 1 fully saturated rings. The van der Waals surface area contributed by atoms with E-state index >= 15 is 0 Å². The van der Waals surface area contributed by atoms with E-state index in [2.05, 4.69) is 10.6 Å². The number of amides is 1. The van der Waals surface area contributed by atoms with Gasteiger partial charge in [0.25, 0.3) is 0 Å². The molecule has 1 saturated heterocycles. The summed E-state index contributed by atoms with van der Waals surface area (Å²) in [5.74, 6) is -1.27. The Labute approximate surface area is 98.8 Å². The predicted molar refractivity (Wildman–Crippen MR) is 61.5 cm³/mol. The van der Waals surface area contributed by atoms with E-state index < -0.39 is 12.0 Å². The Hall–Kier alpha value is -1.88. The average molecular weight is 234 g/mol. The number of rotatable bonds is 3. The first kappa shape index (κ1) is 11.6. The van der Waals surface area contributed by atoms with Crippen LogP contribution in [-0.2, 0) is 16.0 Å². The maximum atomic E-state index is 11.7. The predicted octanol–water partition coefficient (Wildman–Crippen LogP) is -0.230. The number of carbonyl (C=O) groups excluding carboxylic acids is 1. The lowest BCUT2D eigenvalue weighted by atomic mass is 10.0. The van der Waals surface area contributed by atoms with Gasteiger partial charge in [-0.05, 0) is 12.0 Å². The molecule has 2 atom stereocenters. The van der Waals surface area contributed by atoms with Crippen molar-refractivity contribution < 1.29 is 14.7 Å². The van der Waals surface area contributed by atoms with Crippen molar-refractivity contribution in [2.45, 2.75) is 18.5 Å². The highest BCUT2D eigenvalue weighted by Crippen LogP contribution is 2.06. The van der Waals surface area contributed by atoms with E-state index in [-0.39, 0.29) is 18.5 Å². The van der Waals surface area contributed by atoms with Crippen molar-refractivity contribution in [3.8, 4) is 0 Å². The van der Waals surface area contributed by atoms with Crippen LogP contribution in [0.2, 0.25) is 0 Å². The largest absolute Gasteiger partial charge is 0.480 e. The molecule has 2 rings (SSSR count). The van der Waals surface area contributed by atoms with Gasteiger partial charge in [-0.25, -0.2) is 4.79 Å². The van der Waals surface area contributed by atoms with Crippen molar-refractivity contribution in [1.82, 2.24) is 10.6 Å². The molecule has 0 saturated carbocycles. The van der Waals surface area contributed by atoms with E-state index in [1.807, 2.05) is 30.3 Å². The monoisotopic (exact) mass is 234 g/mol. The Kier molecular flexibility index (Phi) is 3.39. The summed E-state index contributed by atoms with van der Waals surface area (Å²) in [5, 5.41) is 14.2. The third-order valence-electron chi connectivity index (χ3n) is 2.78. The van der Waals surface area contributed by atoms with Crippen molar-refractivity contribution in [2.24, 2.45) is 0 Å². The second-order valence-corrected chi connectivity index (χ2v) is 4.05. The van der Waals surface area contributed by atoms with Gasteiger partial charge in [-0.1, -0.05) is 30.3 Å². The number of benzene rings is 1. The number of carboxylic acids is 1. The molecule has 1 heterocycles. The SMILES string of the molecule is O=C(O)C1CNC(Cc2ccccc2)C(=O)N1. The molecule has 17 heavy (non-hydrogen) atoms. The van der Waals surface area contributed by atoms with Gasteiger partial charge < -0.3 is 15.7 Å². The molecule has 1 aliphatic rings. The summed E-state index contributed by atoms with van der Waals surface area (Å²) >= 11 is 0. The molecule has 0 aromatic heterocycles. The summed E-state index contributed by atoms with van der Waals surface area (Å²) in [6.07, 6.45) is 0.568. The molecule has 5 heteroatoms. The van der Waals surface area contributed by atoms with Crippen LogP contribution in [0, 0.1) is 0 Å². The Morgan fingerprint density at radius 3 is 2.65 bits per heavy atom. The van der Waals surface area contributed by atoms with Crippen LogP contribution in [0.25, 0.3) is 0 Å². The summed E-state index contributed by atoms with van der Waals surface area (Å²) in [6, 6.07) is 8.45. The lowest BCUT2D eigenvalue weighted by Crippen LogP contribution is -2.61. The van der Waals surface area contributed by atoms with Gasteiger partial charge in [-0.15, -0.1) is 0 Å². The van der Waals surface area contributed by atoms with E-state index in [1.165, 1.54) is 0 Å². The van der Waals surface area contributed by atoms with Crippen LogP contribution in [-0.4, -0.2) is 35.6 Å². The molecule has 1 amide bonds. The fourth-order valence-electron chi connectivity index (χ4n) is 1.84. The molecule has 1 aromatic carbocycles. The minimum Gasteiger partial charge on any atom is -0.480 e. The van der Waals surface area contributed by atoms with Gasteiger partial charge in [0.2, 0.25) is 5.91 Å². The van der Waals surface area contributed by atoms with Gasteiger partial charge in [0, 0.05) is 6.54 Å². The molecule has 90 valence electrons. The summed E-state index contributed by atoms with van der Waals surface area (Å²) < 4.78 is 0. The maximum Gasteiger partial charge on any atom is 0.327 e. The number of carboxylic acid groups (broad SMARTS) is 1. The van der Waals surface area contributed by atoms with Crippen molar-refractivity contribution in [1.29, 1.82) is 0 Å². The first-order valence-electron chi connectivity index (χ1n) is 5.47. The third-order valence-corrected chi connectivity index (χ3v) is 2.78. The van der Waals surface area contributed by atoms with E-state index in [9.17, 15) is 9.59 Å². The minimum atomic E-state index is -1.01. The third kappa shape index (κ3) is 2.82. The van der Waals surface area contributed by atoms with Crippen LogP contribution in [0.1, 0.15) is 5.56 Å². The number of aliphatic carboxylic acids is 1. The first-order valence-corrected chi connectivity index (χ1v) is 5.47. The molecule has 1 aromatic rings. The lowest BCUT2D eigenvalue weighted by molar-refractivity contribution is -0.143. The Morgan fingerprint density at radius 2 is 2.06 bits per heavy atom. The first-order chi connectivity index (χ1) is 8.16. The number of hydrogen-bond acceptors (Lipinski definition) is 3. The number of hydrogen-bond donors (Lipinski definition) is 3. The smallest absolute Gasteiger partial charge is 0.327 e. The van der Waals surface area contributed by atoms with E-state index in [1.54, 1.807) is 0 Å². The molecular weight excluding hydrogens is 220 g/mol. The minimum absolute atomic E-state index is 0.257. The summed E-state index contributed by atoms with van der Waals surface area (Å²) in [5.41, 5.74) is 1.05. The fourth-order valence-corrected chi connectivity index (χ4v) is 1.84. The molecular formula is C12H14N2O3. The molecule has 0 aliphatic carbocycles. The zero-order valence-electron chi connectivity index (χ0n) is 9.22. The topological polar surface area (TPSA) is 78.4 Å². The van der Waals surface area contributed by atoms with Gasteiger partial charge in [0.15, 0.2) is 0 Å². The van der Waals surface area contributed by atoms with Gasteiger partial charge in [0.1, 0.15) is 6.04 Å². The highest BCUT2D eigenvalue weighted by Gasteiger charge is 2.30. The quantitative estimate of drug-likeness (QED) is 0.675. The van der Waals surface area contributed by atoms with Gasteiger partial charge >= 0.3 is 5.97 Å². The van der Waals surface area contributed by atoms with Crippen LogP contribution >= 0.6 is 0 Å². The van der Waals surface area contributed by atoms with E-state index in [0.717, 1.165) is 5.56 Å². The summed E-state index contributed by atoms with van der Waals surface area (Å²) in [6.45, 7) is 0.262. The highest BCUT2D eigenvalue weighted by molar-refractivity contribution is 5.88. The molecule has 0 radical (unpaired) electrons. The standard InChI is InChI=1S/C12H14N2O3/c15-11-9(6-8-4-2-1-3-5-8)13-7-10(14-11)12(16)17/h1-5,9-10,13H,6-7H2,(H,14,15)(H,16,17). The number of piperazine rings is 1. The zero-order valence-corrected chi connectivity index (χ0v) is 9.22. The molecule has 0 bridgehead atoms. The second-order valence-electron chi connectivity index (χ2n) is 4.05. The molecule has 5 nitrogen and oxygen atoms in total. The summed E-state index contributed by atoms with van der Waals surface area (Å²) in [4.78, 5) is 22.4. The van der Waals surface area contributed by atoms with Crippen molar-refractivity contribution in [3.63, 3.8) is 0 Å². The van der Waals surface area contributed by atoms with Crippen LogP contribution in [0.5, 0.6) is 0 Å². The van der Waals surface area contributed by atoms with Gasteiger partial charge in [-0.2, -0.15) is 0 Å². The fraction of sp³-hybridized carbons (Fsp3) is 0.333. The van der Waals surface area contributed by atoms with Crippen molar-refractivity contribution >= 4 is 11.9 Å². The molecule has 3 N–H and O–H groups in total. The summed E-state index contributed by atoms with van der Waals surface area (Å²) in [7, 11) is 0. The lowest BCUT2D eigenvalue weighted by Gasteiger charge is -2.28. The number of nitrogens with one attached hydrogen (secondary N) is 2. The van der Waals surface area contributed by atoms with Crippen molar-refractivity contribution in [3.05, 3.63) is 35.9 Å². The van der Waals surface area contributed by atoms with Crippen LogP contribution in [0.3, 0.4) is 0 Å². The van der Waals surface area contributed by atoms with Gasteiger partial charge in [0.05, 0.1) is 6.04 Å². The molecule has 1 aliphatic heterocycles. The maximum absolute atomic E-state index is 11.7. The van der Waals surface area contributed by atoms with Crippen LogP contribution in [0.4, 0.5) is 0 Å². The normalized spacial score (nSPS) is 24.1. The Morgan fingerprint density at radius 1 is 1.35 bits per heavy atom. The molecule has 0 spiro atoms. The Balaban J connectivity index is 1.96.